The Morgan fingerprint density at radius 3 is 3.07 bits per heavy atom. The number of nitrogens with one attached hydrogen (secondary N) is 1. The molecule has 74 valence electrons. The minimum Gasteiger partial charge on any atom is -0.508 e. The number of aromatic amines is 1. The molecule has 2 aromatic rings. The second-order valence-corrected chi connectivity index (χ2v) is 3.30. The van der Waals surface area contributed by atoms with Gasteiger partial charge in [-0.3, -0.25) is 5.10 Å². The van der Waals surface area contributed by atoms with Crippen LogP contribution in [0.3, 0.4) is 0 Å². The molecule has 1 aromatic heterocycles. The number of aromatic nitrogens is 2. The molecule has 4 nitrogen and oxygen atoms in total. The van der Waals surface area contributed by atoms with Gasteiger partial charge in [0, 0.05) is 11.1 Å². The predicted molar refractivity (Wildman–Crippen MR) is 55.1 cm³/mol. The van der Waals surface area contributed by atoms with E-state index in [4.69, 9.17) is 5.73 Å². The lowest BCUT2D eigenvalue weighted by Gasteiger charge is -1.96. The number of aromatic hydroxyl groups is 1. The van der Waals surface area contributed by atoms with Gasteiger partial charge < -0.3 is 10.8 Å². The van der Waals surface area contributed by atoms with Crippen LogP contribution < -0.4 is 5.73 Å². The SMILES string of the molecule is NCCCc1[nH]nc2ccc(O)cc12. The van der Waals surface area contributed by atoms with Crippen molar-refractivity contribution in [3.8, 4) is 5.75 Å². The zero-order valence-electron chi connectivity index (χ0n) is 7.83. The summed E-state index contributed by atoms with van der Waals surface area (Å²) in [5, 5.41) is 17.4. The van der Waals surface area contributed by atoms with Gasteiger partial charge in [-0.25, -0.2) is 0 Å². The Morgan fingerprint density at radius 2 is 2.29 bits per heavy atom. The van der Waals surface area contributed by atoms with E-state index >= 15 is 0 Å². The number of aryl methyl sites for hydroxylation is 1. The summed E-state index contributed by atoms with van der Waals surface area (Å²) in [5.74, 6) is 0.271. The highest BCUT2D eigenvalue weighted by molar-refractivity contribution is 5.82. The summed E-state index contributed by atoms with van der Waals surface area (Å²) in [6.07, 6.45) is 1.80. The van der Waals surface area contributed by atoms with E-state index in [1.807, 2.05) is 0 Å². The number of phenols is 1. The van der Waals surface area contributed by atoms with Crippen molar-refractivity contribution in [1.29, 1.82) is 0 Å². The van der Waals surface area contributed by atoms with Gasteiger partial charge in [0.05, 0.1) is 5.52 Å². The summed E-state index contributed by atoms with van der Waals surface area (Å²) in [6.45, 7) is 0.666. The average molecular weight is 191 g/mol. The maximum atomic E-state index is 9.33. The Kier molecular flexibility index (Phi) is 2.37. The summed E-state index contributed by atoms with van der Waals surface area (Å²) in [7, 11) is 0. The number of fused-ring (bicyclic) bond motifs is 1. The molecule has 0 saturated heterocycles. The van der Waals surface area contributed by atoms with Gasteiger partial charge in [-0.05, 0) is 37.6 Å². The van der Waals surface area contributed by atoms with E-state index in [2.05, 4.69) is 10.2 Å². The predicted octanol–water partition coefficient (Wildman–Crippen LogP) is 1.16. The van der Waals surface area contributed by atoms with E-state index < -0.39 is 0 Å². The Bertz CT molecular complexity index is 436. The van der Waals surface area contributed by atoms with Crippen molar-refractivity contribution < 1.29 is 5.11 Å². The lowest BCUT2D eigenvalue weighted by molar-refractivity contribution is 0.476. The van der Waals surface area contributed by atoms with Crippen LogP contribution in [0.2, 0.25) is 0 Å². The first kappa shape index (κ1) is 9.02. The van der Waals surface area contributed by atoms with Gasteiger partial charge in [-0.15, -0.1) is 0 Å². The van der Waals surface area contributed by atoms with Gasteiger partial charge in [0.1, 0.15) is 5.75 Å². The van der Waals surface area contributed by atoms with Crippen molar-refractivity contribution in [1.82, 2.24) is 10.2 Å². The molecule has 0 unspecified atom stereocenters. The number of hydrogen-bond donors (Lipinski definition) is 3. The van der Waals surface area contributed by atoms with Crippen LogP contribution in [0.5, 0.6) is 5.75 Å². The van der Waals surface area contributed by atoms with Gasteiger partial charge in [0.25, 0.3) is 0 Å². The van der Waals surface area contributed by atoms with Crippen molar-refractivity contribution in [3.63, 3.8) is 0 Å². The Labute approximate surface area is 81.7 Å². The summed E-state index contributed by atoms with van der Waals surface area (Å²) in [6, 6.07) is 5.16. The van der Waals surface area contributed by atoms with E-state index in [1.165, 1.54) is 0 Å². The van der Waals surface area contributed by atoms with Crippen molar-refractivity contribution >= 4 is 10.9 Å². The van der Waals surface area contributed by atoms with E-state index in [9.17, 15) is 5.11 Å². The summed E-state index contributed by atoms with van der Waals surface area (Å²) < 4.78 is 0. The molecule has 0 aliphatic rings. The van der Waals surface area contributed by atoms with Crippen LogP contribution in [0.4, 0.5) is 0 Å². The number of rotatable bonds is 3. The molecule has 0 saturated carbocycles. The quantitative estimate of drug-likeness (QED) is 0.681. The highest BCUT2D eigenvalue weighted by atomic mass is 16.3. The van der Waals surface area contributed by atoms with E-state index in [-0.39, 0.29) is 5.75 Å². The third-order valence-electron chi connectivity index (χ3n) is 2.25. The second kappa shape index (κ2) is 3.67. The molecule has 0 fully saturated rings. The van der Waals surface area contributed by atoms with Crippen LogP contribution >= 0.6 is 0 Å². The first-order chi connectivity index (χ1) is 6.81. The monoisotopic (exact) mass is 191 g/mol. The molecular weight excluding hydrogens is 178 g/mol. The first-order valence-electron chi connectivity index (χ1n) is 4.67. The molecule has 0 aliphatic carbocycles. The fourth-order valence-corrected chi connectivity index (χ4v) is 1.52. The maximum absolute atomic E-state index is 9.33. The smallest absolute Gasteiger partial charge is 0.116 e. The van der Waals surface area contributed by atoms with Crippen LogP contribution in [0.15, 0.2) is 18.2 Å². The maximum Gasteiger partial charge on any atom is 0.116 e. The number of H-pyrrole nitrogens is 1. The van der Waals surface area contributed by atoms with Crippen molar-refractivity contribution in [2.45, 2.75) is 12.8 Å². The zero-order valence-corrected chi connectivity index (χ0v) is 7.83. The number of hydrogen-bond acceptors (Lipinski definition) is 3. The average Bonchev–Trinajstić information content (AvgIpc) is 2.57. The molecule has 0 aliphatic heterocycles. The molecule has 1 aromatic carbocycles. The van der Waals surface area contributed by atoms with E-state index in [1.54, 1.807) is 18.2 Å². The fourth-order valence-electron chi connectivity index (χ4n) is 1.52. The second-order valence-electron chi connectivity index (χ2n) is 3.30. The summed E-state index contributed by atoms with van der Waals surface area (Å²) in [4.78, 5) is 0. The molecule has 0 atom stereocenters. The summed E-state index contributed by atoms with van der Waals surface area (Å²) >= 11 is 0. The minimum atomic E-state index is 0.271. The molecule has 0 radical (unpaired) electrons. The summed E-state index contributed by atoms with van der Waals surface area (Å²) in [5.41, 5.74) is 7.36. The van der Waals surface area contributed by atoms with Crippen molar-refractivity contribution in [2.75, 3.05) is 6.54 Å². The highest BCUT2D eigenvalue weighted by Crippen LogP contribution is 2.21. The Morgan fingerprint density at radius 1 is 1.43 bits per heavy atom. The molecule has 0 spiro atoms. The van der Waals surface area contributed by atoms with E-state index in [0.29, 0.717) is 6.54 Å². The Balaban J connectivity index is 2.40. The van der Waals surface area contributed by atoms with Gasteiger partial charge in [0.2, 0.25) is 0 Å². The first-order valence-corrected chi connectivity index (χ1v) is 4.67. The van der Waals surface area contributed by atoms with Crippen molar-refractivity contribution in [2.24, 2.45) is 5.73 Å². The number of benzene rings is 1. The molecule has 4 heteroatoms. The van der Waals surface area contributed by atoms with Crippen LogP contribution in [-0.4, -0.2) is 21.8 Å². The van der Waals surface area contributed by atoms with Gasteiger partial charge in [-0.2, -0.15) is 5.10 Å². The van der Waals surface area contributed by atoms with Crippen molar-refractivity contribution in [3.05, 3.63) is 23.9 Å². The topological polar surface area (TPSA) is 74.9 Å². The molecule has 14 heavy (non-hydrogen) atoms. The molecular formula is C10H13N3O. The normalized spacial score (nSPS) is 10.9. The highest BCUT2D eigenvalue weighted by Gasteiger charge is 2.04. The van der Waals surface area contributed by atoms with Crippen LogP contribution in [-0.2, 0) is 6.42 Å². The Hall–Kier alpha value is -1.55. The van der Waals surface area contributed by atoms with Gasteiger partial charge >= 0.3 is 0 Å². The minimum absolute atomic E-state index is 0.271. The fraction of sp³-hybridized carbons (Fsp3) is 0.300. The van der Waals surface area contributed by atoms with Gasteiger partial charge in [-0.1, -0.05) is 0 Å². The zero-order chi connectivity index (χ0) is 9.97. The van der Waals surface area contributed by atoms with Gasteiger partial charge in [0.15, 0.2) is 0 Å². The van der Waals surface area contributed by atoms with E-state index in [0.717, 1.165) is 29.4 Å². The molecule has 4 N–H and O–H groups in total. The number of nitrogens with zero attached hydrogens (tertiary/aromatic N) is 1. The third-order valence-corrected chi connectivity index (χ3v) is 2.25. The lowest BCUT2D eigenvalue weighted by atomic mass is 10.1. The molecule has 2 rings (SSSR count). The van der Waals surface area contributed by atoms with Crippen LogP contribution in [0.1, 0.15) is 12.1 Å². The number of nitrogens with two attached hydrogens (primary N) is 1. The van der Waals surface area contributed by atoms with Crippen LogP contribution in [0.25, 0.3) is 10.9 Å². The molecule has 0 bridgehead atoms. The third kappa shape index (κ3) is 1.56. The lowest BCUT2D eigenvalue weighted by Crippen LogP contribution is -2.00. The molecule has 1 heterocycles. The molecule has 0 amide bonds. The largest absolute Gasteiger partial charge is 0.508 e. The standard InChI is InChI=1S/C10H13N3O/c11-5-1-2-9-8-6-7(14)3-4-10(8)13-12-9/h3-4,6,14H,1-2,5,11H2,(H,12,13). The van der Waals surface area contributed by atoms with Crippen LogP contribution in [0, 0.1) is 0 Å². The number of phenolic OH excluding ortho intramolecular Hbond substituents is 1.